The predicted octanol–water partition coefficient (Wildman–Crippen LogP) is 3.12. The molecule has 0 bridgehead atoms. The highest BCUT2D eigenvalue weighted by Crippen LogP contribution is 2.32. The maximum atomic E-state index is 13.4. The van der Waals surface area contributed by atoms with Crippen molar-refractivity contribution in [1.82, 2.24) is 0 Å². The van der Waals surface area contributed by atoms with Crippen LogP contribution in [0.4, 0.5) is 20.2 Å². The van der Waals surface area contributed by atoms with Crippen molar-refractivity contribution in [3.8, 4) is 11.5 Å². The summed E-state index contributed by atoms with van der Waals surface area (Å²) in [6.07, 6.45) is -0.0208. The van der Waals surface area contributed by atoms with Gasteiger partial charge in [-0.25, -0.2) is 8.78 Å². The van der Waals surface area contributed by atoms with Crippen molar-refractivity contribution in [3.63, 3.8) is 0 Å². The summed E-state index contributed by atoms with van der Waals surface area (Å²) in [5, 5.41) is 2.71. The lowest BCUT2D eigenvalue weighted by molar-refractivity contribution is -0.117. The van der Waals surface area contributed by atoms with Crippen LogP contribution >= 0.6 is 0 Å². The summed E-state index contributed by atoms with van der Waals surface area (Å²) in [5.74, 6) is -1.61. The van der Waals surface area contributed by atoms with Crippen molar-refractivity contribution >= 4 is 23.2 Å². The Morgan fingerprint density at radius 3 is 2.48 bits per heavy atom. The Kier molecular flexibility index (Phi) is 5.54. The summed E-state index contributed by atoms with van der Waals surface area (Å²) in [6, 6.07) is 8.20. The van der Waals surface area contributed by atoms with E-state index in [-0.39, 0.29) is 30.5 Å². The quantitative estimate of drug-likeness (QED) is 0.871. The first-order valence-corrected chi connectivity index (χ1v) is 8.36. The molecule has 27 heavy (non-hydrogen) atoms. The van der Waals surface area contributed by atoms with Crippen LogP contribution in [0.15, 0.2) is 36.4 Å². The van der Waals surface area contributed by atoms with Crippen molar-refractivity contribution in [2.45, 2.75) is 13.3 Å². The number of hydrogen-bond acceptors (Lipinski definition) is 4. The number of ether oxygens (including phenoxy) is 2. The van der Waals surface area contributed by atoms with E-state index in [0.29, 0.717) is 30.4 Å². The highest BCUT2D eigenvalue weighted by atomic mass is 19.2. The molecule has 2 aromatic rings. The number of benzene rings is 2. The standard InChI is InChI=1S/C19H18F2N2O4/c1-12(24)23(14-3-4-15(20)16(21)11-14)7-6-19(25)22-13-2-5-17-18(10-13)27-9-8-26-17/h2-5,10-11H,6-9H2,1H3,(H,22,25). The van der Waals surface area contributed by atoms with E-state index in [4.69, 9.17) is 9.47 Å². The molecular weight excluding hydrogens is 358 g/mol. The van der Waals surface area contributed by atoms with Crippen LogP contribution in [0.3, 0.4) is 0 Å². The third-order valence-electron chi connectivity index (χ3n) is 3.98. The molecule has 0 atom stereocenters. The number of nitrogens with zero attached hydrogens (tertiary/aromatic N) is 1. The number of fused-ring (bicyclic) bond motifs is 1. The molecule has 8 heteroatoms. The molecule has 0 aliphatic carbocycles. The van der Waals surface area contributed by atoms with E-state index in [0.717, 1.165) is 12.1 Å². The SMILES string of the molecule is CC(=O)N(CCC(=O)Nc1ccc2c(c1)OCCO2)c1ccc(F)c(F)c1. The van der Waals surface area contributed by atoms with E-state index in [1.165, 1.54) is 17.9 Å². The molecule has 0 aromatic heterocycles. The highest BCUT2D eigenvalue weighted by molar-refractivity contribution is 5.95. The lowest BCUT2D eigenvalue weighted by Gasteiger charge is -2.21. The second-order valence-electron chi connectivity index (χ2n) is 5.93. The molecule has 0 fully saturated rings. The van der Waals surface area contributed by atoms with Crippen molar-refractivity contribution < 1.29 is 27.8 Å². The maximum absolute atomic E-state index is 13.4. The topological polar surface area (TPSA) is 67.9 Å². The van der Waals surface area contributed by atoms with Crippen LogP contribution in [0.5, 0.6) is 11.5 Å². The zero-order valence-corrected chi connectivity index (χ0v) is 14.6. The third-order valence-corrected chi connectivity index (χ3v) is 3.98. The van der Waals surface area contributed by atoms with Gasteiger partial charge in [-0.05, 0) is 24.3 Å². The second-order valence-corrected chi connectivity index (χ2v) is 5.93. The molecule has 3 rings (SSSR count). The highest BCUT2D eigenvalue weighted by Gasteiger charge is 2.17. The molecule has 2 aromatic carbocycles. The smallest absolute Gasteiger partial charge is 0.226 e. The van der Waals surface area contributed by atoms with Gasteiger partial charge in [0.15, 0.2) is 23.1 Å². The number of rotatable bonds is 5. The van der Waals surface area contributed by atoms with Gasteiger partial charge in [0.2, 0.25) is 11.8 Å². The molecule has 1 N–H and O–H groups in total. The van der Waals surface area contributed by atoms with E-state index < -0.39 is 11.6 Å². The Balaban J connectivity index is 1.62. The van der Waals surface area contributed by atoms with Gasteiger partial charge in [-0.1, -0.05) is 0 Å². The zero-order chi connectivity index (χ0) is 19.4. The normalized spacial score (nSPS) is 12.4. The fourth-order valence-electron chi connectivity index (χ4n) is 2.68. The monoisotopic (exact) mass is 376 g/mol. The molecule has 2 amide bonds. The molecule has 1 aliphatic heterocycles. The summed E-state index contributed by atoms with van der Waals surface area (Å²) in [6.45, 7) is 2.23. The van der Waals surface area contributed by atoms with Gasteiger partial charge in [-0.2, -0.15) is 0 Å². The molecule has 0 radical (unpaired) electrons. The zero-order valence-electron chi connectivity index (χ0n) is 14.6. The van der Waals surface area contributed by atoms with Crippen LogP contribution in [0, 0.1) is 11.6 Å². The van der Waals surface area contributed by atoms with Gasteiger partial charge in [-0.3, -0.25) is 9.59 Å². The first-order valence-electron chi connectivity index (χ1n) is 8.36. The maximum Gasteiger partial charge on any atom is 0.226 e. The van der Waals surface area contributed by atoms with Crippen LogP contribution < -0.4 is 19.7 Å². The first kappa shape index (κ1) is 18.6. The summed E-state index contributed by atoms with van der Waals surface area (Å²) in [4.78, 5) is 25.2. The second kappa shape index (κ2) is 8.03. The van der Waals surface area contributed by atoms with Gasteiger partial charge in [0.05, 0.1) is 0 Å². The van der Waals surface area contributed by atoms with E-state index in [2.05, 4.69) is 5.32 Å². The van der Waals surface area contributed by atoms with Crippen molar-refractivity contribution in [2.75, 3.05) is 30.0 Å². The number of nitrogens with one attached hydrogen (secondary N) is 1. The van der Waals surface area contributed by atoms with Crippen molar-refractivity contribution in [3.05, 3.63) is 48.0 Å². The molecule has 1 heterocycles. The van der Waals surface area contributed by atoms with Gasteiger partial charge in [0.1, 0.15) is 13.2 Å². The summed E-state index contributed by atoms with van der Waals surface area (Å²) >= 11 is 0. The van der Waals surface area contributed by atoms with Gasteiger partial charge in [-0.15, -0.1) is 0 Å². The fraction of sp³-hybridized carbons (Fsp3) is 0.263. The Morgan fingerprint density at radius 1 is 1.04 bits per heavy atom. The summed E-state index contributed by atoms with van der Waals surface area (Å²) in [7, 11) is 0. The number of anilines is 2. The summed E-state index contributed by atoms with van der Waals surface area (Å²) in [5.41, 5.74) is 0.722. The lowest BCUT2D eigenvalue weighted by Crippen LogP contribution is -2.32. The van der Waals surface area contributed by atoms with E-state index in [1.807, 2.05) is 0 Å². The van der Waals surface area contributed by atoms with E-state index in [9.17, 15) is 18.4 Å². The predicted molar refractivity (Wildman–Crippen MR) is 95.1 cm³/mol. The first-order chi connectivity index (χ1) is 12.9. The lowest BCUT2D eigenvalue weighted by atomic mass is 10.2. The van der Waals surface area contributed by atoms with Gasteiger partial charge >= 0.3 is 0 Å². The number of carbonyl (C=O) groups excluding carboxylic acids is 2. The van der Waals surface area contributed by atoms with Crippen LogP contribution in [-0.2, 0) is 9.59 Å². The van der Waals surface area contributed by atoms with Gasteiger partial charge in [0, 0.05) is 43.4 Å². The Hall–Kier alpha value is -3.16. The Bertz CT molecular complexity index is 873. The van der Waals surface area contributed by atoms with E-state index in [1.54, 1.807) is 18.2 Å². The fourth-order valence-corrected chi connectivity index (χ4v) is 2.68. The van der Waals surface area contributed by atoms with Crippen LogP contribution in [0.1, 0.15) is 13.3 Å². The Morgan fingerprint density at radius 2 is 1.78 bits per heavy atom. The number of carbonyl (C=O) groups is 2. The van der Waals surface area contributed by atoms with Crippen molar-refractivity contribution in [1.29, 1.82) is 0 Å². The minimum atomic E-state index is -1.06. The number of amides is 2. The Labute approximate surface area is 154 Å². The number of hydrogen-bond donors (Lipinski definition) is 1. The van der Waals surface area contributed by atoms with Crippen molar-refractivity contribution in [2.24, 2.45) is 0 Å². The third kappa shape index (κ3) is 4.52. The molecule has 6 nitrogen and oxygen atoms in total. The molecule has 0 spiro atoms. The molecule has 142 valence electrons. The average molecular weight is 376 g/mol. The largest absolute Gasteiger partial charge is 0.486 e. The van der Waals surface area contributed by atoms with Gasteiger partial charge < -0.3 is 19.7 Å². The van der Waals surface area contributed by atoms with E-state index >= 15 is 0 Å². The molecule has 0 saturated heterocycles. The van der Waals surface area contributed by atoms with Crippen LogP contribution in [0.25, 0.3) is 0 Å². The minimum Gasteiger partial charge on any atom is -0.486 e. The minimum absolute atomic E-state index is 0.0208. The average Bonchev–Trinajstić information content (AvgIpc) is 2.64. The molecule has 1 aliphatic rings. The molecular formula is C19H18F2N2O4. The summed E-state index contributed by atoms with van der Waals surface area (Å²) < 4.78 is 37.4. The molecule has 0 saturated carbocycles. The van der Waals surface area contributed by atoms with Crippen LogP contribution in [-0.4, -0.2) is 31.6 Å². The van der Waals surface area contributed by atoms with Crippen LogP contribution in [0.2, 0.25) is 0 Å². The molecule has 0 unspecified atom stereocenters. The number of halogens is 2. The van der Waals surface area contributed by atoms with Gasteiger partial charge in [0.25, 0.3) is 0 Å².